The molecular formula is C25H20F3NO3. The largest absolute Gasteiger partial charge is 0.478 e. The Morgan fingerprint density at radius 3 is 2.59 bits per heavy atom. The highest BCUT2D eigenvalue weighted by atomic mass is 19.4. The van der Waals surface area contributed by atoms with Crippen molar-refractivity contribution >= 4 is 11.9 Å². The second-order valence-corrected chi connectivity index (χ2v) is 8.61. The van der Waals surface area contributed by atoms with Crippen LogP contribution < -0.4 is 0 Å². The molecule has 2 aromatic rings. The van der Waals surface area contributed by atoms with Gasteiger partial charge in [-0.05, 0) is 35.7 Å². The van der Waals surface area contributed by atoms with Gasteiger partial charge in [0.15, 0.2) is 0 Å². The van der Waals surface area contributed by atoms with Gasteiger partial charge in [0.05, 0.1) is 22.6 Å². The topological polar surface area (TPSA) is 57.6 Å². The van der Waals surface area contributed by atoms with Gasteiger partial charge in [0, 0.05) is 18.4 Å². The number of fused-ring (bicyclic) bond motifs is 2. The Kier molecular flexibility index (Phi) is 4.55. The molecule has 1 N–H and O–H groups in total. The molecule has 1 heterocycles. The van der Waals surface area contributed by atoms with Crippen molar-refractivity contribution in [1.82, 2.24) is 4.90 Å². The number of benzene rings is 2. The van der Waals surface area contributed by atoms with Gasteiger partial charge in [-0.2, -0.15) is 13.2 Å². The summed E-state index contributed by atoms with van der Waals surface area (Å²) in [4.78, 5) is 26.7. The number of likely N-dealkylation sites (tertiary alicyclic amines) is 1. The average molecular weight is 439 g/mol. The number of nitrogens with zero attached hydrogens (tertiary/aromatic N) is 1. The molecule has 2 aliphatic carbocycles. The molecule has 1 aliphatic heterocycles. The highest BCUT2D eigenvalue weighted by Gasteiger charge is 2.71. The van der Waals surface area contributed by atoms with Crippen LogP contribution in [-0.4, -0.2) is 27.9 Å². The summed E-state index contributed by atoms with van der Waals surface area (Å²) < 4.78 is 40.9. The number of carboxylic acid groups (broad SMARTS) is 1. The van der Waals surface area contributed by atoms with Gasteiger partial charge in [0.2, 0.25) is 5.91 Å². The van der Waals surface area contributed by atoms with E-state index in [0.29, 0.717) is 12.0 Å². The Morgan fingerprint density at radius 2 is 1.84 bits per heavy atom. The van der Waals surface area contributed by atoms with E-state index in [-0.39, 0.29) is 35.5 Å². The normalized spacial score (nSPS) is 28.3. The molecule has 2 unspecified atom stereocenters. The number of alkyl halides is 3. The molecule has 2 aromatic carbocycles. The van der Waals surface area contributed by atoms with Crippen LogP contribution in [0.15, 0.2) is 72.8 Å². The Labute approximate surface area is 182 Å². The molecule has 164 valence electrons. The van der Waals surface area contributed by atoms with Crippen LogP contribution >= 0.6 is 0 Å². The second-order valence-electron chi connectivity index (χ2n) is 8.61. The summed E-state index contributed by atoms with van der Waals surface area (Å²) >= 11 is 0. The predicted octanol–water partition coefficient (Wildman–Crippen LogP) is 5.03. The Bertz CT molecular complexity index is 1170. The summed E-state index contributed by atoms with van der Waals surface area (Å²) in [5.41, 5.74) is -0.621. The lowest BCUT2D eigenvalue weighted by Gasteiger charge is -2.26. The van der Waals surface area contributed by atoms with Crippen LogP contribution in [0.1, 0.15) is 39.4 Å². The fraction of sp³-hybridized carbons (Fsp3) is 0.280. The molecule has 1 saturated heterocycles. The summed E-state index contributed by atoms with van der Waals surface area (Å²) in [6.45, 7) is 0.203. The first-order valence-corrected chi connectivity index (χ1v) is 10.4. The Balaban J connectivity index is 1.51. The lowest BCUT2D eigenvalue weighted by Crippen LogP contribution is -2.33. The molecule has 1 amide bonds. The average Bonchev–Trinajstić information content (AvgIpc) is 3.48. The third-order valence-electron chi connectivity index (χ3n) is 6.89. The molecule has 2 fully saturated rings. The van der Waals surface area contributed by atoms with Gasteiger partial charge in [0.1, 0.15) is 0 Å². The lowest BCUT2D eigenvalue weighted by atomic mass is 9.81. The molecule has 5 rings (SSSR count). The summed E-state index contributed by atoms with van der Waals surface area (Å²) in [5.74, 6) is -1.97. The number of aromatic carboxylic acids is 1. The van der Waals surface area contributed by atoms with Crippen LogP contribution in [0.4, 0.5) is 13.2 Å². The molecule has 1 saturated carbocycles. The van der Waals surface area contributed by atoms with Crippen molar-refractivity contribution in [3.8, 4) is 0 Å². The summed E-state index contributed by atoms with van der Waals surface area (Å²) in [6, 6.07) is 11.6. The molecule has 0 radical (unpaired) electrons. The van der Waals surface area contributed by atoms with Crippen LogP contribution in [0.25, 0.3) is 0 Å². The van der Waals surface area contributed by atoms with Crippen LogP contribution in [0.3, 0.4) is 0 Å². The highest BCUT2D eigenvalue weighted by molar-refractivity contribution is 5.92. The summed E-state index contributed by atoms with van der Waals surface area (Å²) in [5, 5.41) is 9.26. The van der Waals surface area contributed by atoms with Crippen LogP contribution in [0.2, 0.25) is 0 Å². The van der Waals surface area contributed by atoms with Crippen molar-refractivity contribution in [3.63, 3.8) is 0 Å². The number of carbonyl (C=O) groups excluding carboxylic acids is 1. The molecule has 4 atom stereocenters. The number of hydrogen-bond donors (Lipinski definition) is 1. The van der Waals surface area contributed by atoms with E-state index in [2.05, 4.69) is 0 Å². The molecule has 4 nitrogen and oxygen atoms in total. The monoisotopic (exact) mass is 439 g/mol. The number of amides is 1. The van der Waals surface area contributed by atoms with E-state index in [4.69, 9.17) is 0 Å². The smallest absolute Gasteiger partial charge is 0.416 e. The maximum atomic E-state index is 13.7. The van der Waals surface area contributed by atoms with Crippen molar-refractivity contribution < 1.29 is 27.9 Å². The van der Waals surface area contributed by atoms with Crippen molar-refractivity contribution in [1.29, 1.82) is 0 Å². The van der Waals surface area contributed by atoms with Crippen molar-refractivity contribution in [2.75, 3.05) is 0 Å². The Hall–Kier alpha value is -3.35. The van der Waals surface area contributed by atoms with E-state index < -0.39 is 29.0 Å². The maximum Gasteiger partial charge on any atom is 0.416 e. The van der Waals surface area contributed by atoms with Gasteiger partial charge < -0.3 is 10.0 Å². The first-order valence-electron chi connectivity index (χ1n) is 10.4. The molecule has 3 aliphatic rings. The Morgan fingerprint density at radius 1 is 1.09 bits per heavy atom. The fourth-order valence-corrected chi connectivity index (χ4v) is 5.42. The molecule has 32 heavy (non-hydrogen) atoms. The van der Waals surface area contributed by atoms with Crippen LogP contribution in [0, 0.1) is 11.3 Å². The zero-order valence-corrected chi connectivity index (χ0v) is 16.9. The first-order chi connectivity index (χ1) is 15.2. The third kappa shape index (κ3) is 3.06. The van der Waals surface area contributed by atoms with E-state index in [1.54, 1.807) is 23.1 Å². The van der Waals surface area contributed by atoms with Gasteiger partial charge in [-0.15, -0.1) is 0 Å². The van der Waals surface area contributed by atoms with Crippen molar-refractivity contribution in [2.45, 2.75) is 31.1 Å². The van der Waals surface area contributed by atoms with Gasteiger partial charge >= 0.3 is 12.1 Å². The molecule has 7 heteroatoms. The van der Waals surface area contributed by atoms with Crippen LogP contribution in [0.5, 0.6) is 0 Å². The maximum absolute atomic E-state index is 13.7. The second kappa shape index (κ2) is 7.08. The van der Waals surface area contributed by atoms with Gasteiger partial charge in [-0.1, -0.05) is 54.6 Å². The van der Waals surface area contributed by atoms with Crippen molar-refractivity contribution in [3.05, 3.63) is 95.1 Å². The minimum absolute atomic E-state index is 0.128. The van der Waals surface area contributed by atoms with E-state index in [1.807, 2.05) is 24.3 Å². The van der Waals surface area contributed by atoms with Crippen molar-refractivity contribution in [2.24, 2.45) is 11.3 Å². The SMILES string of the molecule is O=C(O)c1cccc(CN2C(=O)[C@@]3(C[C@@H]3c3ccccc3C(F)(F)F)C3C=CC=CC32)c1. The number of allylic oxidation sites excluding steroid dienone is 2. The minimum Gasteiger partial charge on any atom is -0.478 e. The standard InChI is InChI=1S/C25H20F3NO3/c26-25(27,28)18-9-2-1-8-17(18)20-13-24(20)19-10-3-4-11-21(19)29(23(24)32)14-15-6-5-7-16(12-15)22(30)31/h1-12,19-21H,13-14H2,(H,30,31)/t19?,20-,21?,24+/m1/s1. The number of hydrogen-bond acceptors (Lipinski definition) is 2. The van der Waals surface area contributed by atoms with Gasteiger partial charge in [0.25, 0.3) is 0 Å². The fourth-order valence-electron chi connectivity index (χ4n) is 5.42. The molecular weight excluding hydrogens is 419 g/mol. The third-order valence-corrected chi connectivity index (χ3v) is 6.89. The zero-order chi connectivity index (χ0) is 22.7. The minimum atomic E-state index is -4.49. The zero-order valence-electron chi connectivity index (χ0n) is 16.9. The van der Waals surface area contributed by atoms with E-state index in [1.165, 1.54) is 24.3 Å². The molecule has 0 aromatic heterocycles. The quantitative estimate of drug-likeness (QED) is 0.727. The van der Waals surface area contributed by atoms with Gasteiger partial charge in [-0.3, -0.25) is 4.79 Å². The molecule has 1 spiro atoms. The first kappa shape index (κ1) is 20.5. The van der Waals surface area contributed by atoms with E-state index in [0.717, 1.165) is 6.07 Å². The molecule has 0 bridgehead atoms. The van der Waals surface area contributed by atoms with E-state index in [9.17, 15) is 27.9 Å². The summed E-state index contributed by atoms with van der Waals surface area (Å²) in [6.07, 6.45) is 3.39. The lowest BCUT2D eigenvalue weighted by molar-refractivity contribution is -0.139. The van der Waals surface area contributed by atoms with Crippen LogP contribution in [-0.2, 0) is 17.5 Å². The summed E-state index contributed by atoms with van der Waals surface area (Å²) in [7, 11) is 0. The number of rotatable bonds is 4. The number of carbonyl (C=O) groups is 2. The number of carboxylic acids is 1. The highest BCUT2D eigenvalue weighted by Crippen LogP contribution is 2.70. The predicted molar refractivity (Wildman–Crippen MR) is 111 cm³/mol. The van der Waals surface area contributed by atoms with E-state index >= 15 is 0 Å². The van der Waals surface area contributed by atoms with Gasteiger partial charge in [-0.25, -0.2) is 4.79 Å². The number of halogens is 3.